The molecule has 1 unspecified atom stereocenters. The van der Waals surface area contributed by atoms with E-state index in [1.807, 2.05) is 6.26 Å². The third-order valence-electron chi connectivity index (χ3n) is 2.40. The predicted octanol–water partition coefficient (Wildman–Crippen LogP) is 1.86. The smallest absolute Gasteiger partial charge is 0.326 e. The van der Waals surface area contributed by atoms with Crippen molar-refractivity contribution < 1.29 is 14.7 Å². The molecule has 0 aliphatic carbocycles. The number of thioether (sulfide) groups is 1. The summed E-state index contributed by atoms with van der Waals surface area (Å²) in [4.78, 5) is 23.0. The van der Waals surface area contributed by atoms with E-state index in [-0.39, 0.29) is 5.56 Å². The zero-order valence-corrected chi connectivity index (χ0v) is 11.9. The van der Waals surface area contributed by atoms with Gasteiger partial charge in [-0.3, -0.25) is 4.79 Å². The molecule has 0 saturated carbocycles. The number of anilines is 1. The molecular formula is C12H15ClN2O3S. The molecule has 1 amide bonds. The number of carboxylic acid groups (broad SMARTS) is 1. The lowest BCUT2D eigenvalue weighted by Gasteiger charge is -2.14. The molecule has 1 rings (SSSR count). The molecule has 4 N–H and O–H groups in total. The lowest BCUT2D eigenvalue weighted by Crippen LogP contribution is -2.41. The molecule has 1 aromatic rings. The maximum absolute atomic E-state index is 11.9. The number of hydrogen-bond donors (Lipinski definition) is 3. The van der Waals surface area contributed by atoms with Gasteiger partial charge < -0.3 is 16.2 Å². The summed E-state index contributed by atoms with van der Waals surface area (Å²) in [6, 6.07) is 3.50. The number of nitrogens with two attached hydrogens (primary N) is 1. The Bertz CT molecular complexity index is 462. The maximum atomic E-state index is 11.9. The Morgan fingerprint density at radius 3 is 2.68 bits per heavy atom. The third kappa shape index (κ3) is 5.00. The topological polar surface area (TPSA) is 92.4 Å². The van der Waals surface area contributed by atoms with Gasteiger partial charge in [0.05, 0.1) is 0 Å². The standard InChI is InChI=1S/C12H15ClN2O3S/c1-19-3-2-10(12(17)18)15-11(16)7-4-8(13)6-9(14)5-7/h4-6,10H,2-3,14H2,1H3,(H,15,16)(H,17,18). The van der Waals surface area contributed by atoms with Gasteiger partial charge >= 0.3 is 5.97 Å². The van der Waals surface area contributed by atoms with E-state index in [2.05, 4.69) is 5.32 Å². The fraction of sp³-hybridized carbons (Fsp3) is 0.333. The summed E-state index contributed by atoms with van der Waals surface area (Å²) in [5.41, 5.74) is 6.19. The molecule has 0 spiro atoms. The van der Waals surface area contributed by atoms with Crippen molar-refractivity contribution in [1.29, 1.82) is 0 Å². The first-order valence-electron chi connectivity index (χ1n) is 5.52. The Labute approximate surface area is 120 Å². The van der Waals surface area contributed by atoms with E-state index in [9.17, 15) is 9.59 Å². The van der Waals surface area contributed by atoms with Gasteiger partial charge in [-0.2, -0.15) is 11.8 Å². The Morgan fingerprint density at radius 1 is 1.47 bits per heavy atom. The SMILES string of the molecule is CSCCC(NC(=O)c1cc(N)cc(Cl)c1)C(=O)O. The molecule has 0 aliphatic rings. The lowest BCUT2D eigenvalue weighted by atomic mass is 10.1. The number of carboxylic acids is 1. The van der Waals surface area contributed by atoms with Crippen LogP contribution < -0.4 is 11.1 Å². The molecule has 0 saturated heterocycles. The van der Waals surface area contributed by atoms with E-state index in [1.54, 1.807) is 0 Å². The molecule has 7 heteroatoms. The minimum absolute atomic E-state index is 0.250. The highest BCUT2D eigenvalue weighted by atomic mass is 35.5. The number of rotatable bonds is 6. The molecule has 0 radical (unpaired) electrons. The lowest BCUT2D eigenvalue weighted by molar-refractivity contribution is -0.139. The first-order chi connectivity index (χ1) is 8.93. The van der Waals surface area contributed by atoms with Crippen LogP contribution in [0.2, 0.25) is 5.02 Å². The number of aliphatic carboxylic acids is 1. The Hall–Kier alpha value is -1.40. The highest BCUT2D eigenvalue weighted by molar-refractivity contribution is 7.98. The first kappa shape index (κ1) is 15.7. The third-order valence-corrected chi connectivity index (χ3v) is 3.26. The number of benzene rings is 1. The number of hydrogen-bond acceptors (Lipinski definition) is 4. The maximum Gasteiger partial charge on any atom is 0.326 e. The second-order valence-electron chi connectivity index (χ2n) is 3.92. The fourth-order valence-corrected chi connectivity index (χ4v) is 2.19. The summed E-state index contributed by atoms with van der Waals surface area (Å²) in [6.07, 6.45) is 2.23. The van der Waals surface area contributed by atoms with Gasteiger partial charge in [0.1, 0.15) is 6.04 Å². The summed E-state index contributed by atoms with van der Waals surface area (Å²) in [7, 11) is 0. The predicted molar refractivity (Wildman–Crippen MR) is 77.8 cm³/mol. The van der Waals surface area contributed by atoms with Crippen molar-refractivity contribution in [3.63, 3.8) is 0 Å². The zero-order chi connectivity index (χ0) is 14.4. The molecule has 0 heterocycles. The monoisotopic (exact) mass is 302 g/mol. The van der Waals surface area contributed by atoms with Gasteiger partial charge in [-0.15, -0.1) is 0 Å². The summed E-state index contributed by atoms with van der Waals surface area (Å²) in [5, 5.41) is 11.8. The van der Waals surface area contributed by atoms with Gasteiger partial charge in [0.15, 0.2) is 0 Å². The Balaban J connectivity index is 2.78. The van der Waals surface area contributed by atoms with E-state index < -0.39 is 17.9 Å². The number of halogens is 1. The Kier molecular flexibility index (Phi) is 5.98. The minimum atomic E-state index is -1.06. The van der Waals surface area contributed by atoms with E-state index in [0.29, 0.717) is 22.9 Å². The second-order valence-corrected chi connectivity index (χ2v) is 5.34. The molecule has 104 valence electrons. The largest absolute Gasteiger partial charge is 0.480 e. The van der Waals surface area contributed by atoms with Gasteiger partial charge in [-0.05, 0) is 36.6 Å². The number of carbonyl (C=O) groups excluding carboxylic acids is 1. The van der Waals surface area contributed by atoms with Crippen molar-refractivity contribution in [1.82, 2.24) is 5.32 Å². The van der Waals surface area contributed by atoms with Crippen molar-refractivity contribution in [3.05, 3.63) is 28.8 Å². The molecule has 0 fully saturated rings. The highest BCUT2D eigenvalue weighted by Crippen LogP contribution is 2.16. The minimum Gasteiger partial charge on any atom is -0.480 e. The van der Waals surface area contributed by atoms with Gasteiger partial charge in [-0.25, -0.2) is 4.79 Å². The van der Waals surface area contributed by atoms with Crippen molar-refractivity contribution in [2.24, 2.45) is 0 Å². The molecule has 5 nitrogen and oxygen atoms in total. The number of nitrogens with one attached hydrogen (secondary N) is 1. The number of carbonyl (C=O) groups is 2. The molecule has 1 aromatic carbocycles. The number of amides is 1. The van der Waals surface area contributed by atoms with Crippen LogP contribution in [-0.2, 0) is 4.79 Å². The average molecular weight is 303 g/mol. The van der Waals surface area contributed by atoms with Crippen LogP contribution in [0.1, 0.15) is 16.8 Å². The summed E-state index contributed by atoms with van der Waals surface area (Å²) in [6.45, 7) is 0. The summed E-state index contributed by atoms with van der Waals surface area (Å²) >= 11 is 7.32. The van der Waals surface area contributed by atoms with Gasteiger partial charge in [0.2, 0.25) is 0 Å². The van der Waals surface area contributed by atoms with Crippen molar-refractivity contribution in [2.45, 2.75) is 12.5 Å². The highest BCUT2D eigenvalue weighted by Gasteiger charge is 2.20. The van der Waals surface area contributed by atoms with E-state index >= 15 is 0 Å². The zero-order valence-electron chi connectivity index (χ0n) is 10.4. The van der Waals surface area contributed by atoms with Crippen LogP contribution in [0, 0.1) is 0 Å². The fourth-order valence-electron chi connectivity index (χ4n) is 1.48. The van der Waals surface area contributed by atoms with Crippen LogP contribution in [0.5, 0.6) is 0 Å². The van der Waals surface area contributed by atoms with Crippen LogP contribution in [0.3, 0.4) is 0 Å². The molecule has 0 bridgehead atoms. The Morgan fingerprint density at radius 2 is 2.16 bits per heavy atom. The average Bonchev–Trinajstić information content (AvgIpc) is 2.32. The normalized spacial score (nSPS) is 11.9. The van der Waals surface area contributed by atoms with Crippen LogP contribution in [-0.4, -0.2) is 35.0 Å². The molecule has 19 heavy (non-hydrogen) atoms. The van der Waals surface area contributed by atoms with Crippen LogP contribution >= 0.6 is 23.4 Å². The van der Waals surface area contributed by atoms with Gasteiger partial charge in [0.25, 0.3) is 5.91 Å². The van der Waals surface area contributed by atoms with Gasteiger partial charge in [0, 0.05) is 16.3 Å². The van der Waals surface area contributed by atoms with E-state index in [1.165, 1.54) is 30.0 Å². The van der Waals surface area contributed by atoms with Gasteiger partial charge in [-0.1, -0.05) is 11.6 Å². The van der Waals surface area contributed by atoms with Crippen LogP contribution in [0.25, 0.3) is 0 Å². The summed E-state index contributed by atoms with van der Waals surface area (Å²) < 4.78 is 0. The molecular weight excluding hydrogens is 288 g/mol. The van der Waals surface area contributed by atoms with Crippen LogP contribution in [0.4, 0.5) is 5.69 Å². The second kappa shape index (κ2) is 7.25. The molecule has 0 aliphatic heterocycles. The van der Waals surface area contributed by atoms with E-state index in [4.69, 9.17) is 22.4 Å². The quantitative estimate of drug-likeness (QED) is 0.698. The number of nitrogen functional groups attached to an aromatic ring is 1. The van der Waals surface area contributed by atoms with Crippen molar-refractivity contribution in [2.75, 3.05) is 17.7 Å². The first-order valence-corrected chi connectivity index (χ1v) is 7.30. The van der Waals surface area contributed by atoms with E-state index in [0.717, 1.165) is 0 Å². The summed E-state index contributed by atoms with van der Waals surface area (Å²) in [5.74, 6) is -0.908. The van der Waals surface area contributed by atoms with Crippen molar-refractivity contribution in [3.8, 4) is 0 Å². The van der Waals surface area contributed by atoms with Crippen LogP contribution in [0.15, 0.2) is 18.2 Å². The molecule has 1 atom stereocenters. The van der Waals surface area contributed by atoms with Crippen molar-refractivity contribution >= 4 is 40.9 Å². The molecule has 0 aromatic heterocycles.